The van der Waals surface area contributed by atoms with Gasteiger partial charge in [0, 0.05) is 25.6 Å². The second-order valence-electron chi connectivity index (χ2n) is 6.80. The molecule has 0 aromatic heterocycles. The summed E-state index contributed by atoms with van der Waals surface area (Å²) < 4.78 is 37.7. The molecular weight excluding hydrogens is 356 g/mol. The molecule has 0 spiro atoms. The second-order valence-corrected chi connectivity index (χ2v) is 8.74. The molecule has 7 nitrogen and oxygen atoms in total. The summed E-state index contributed by atoms with van der Waals surface area (Å²) in [6, 6.07) is 6.86. The van der Waals surface area contributed by atoms with E-state index in [4.69, 9.17) is 9.47 Å². The normalized spacial score (nSPS) is 22.9. The predicted octanol–water partition coefficient (Wildman–Crippen LogP) is 0.927. The maximum Gasteiger partial charge on any atom is 0.243 e. The third-order valence-electron chi connectivity index (χ3n) is 4.87. The fourth-order valence-electron chi connectivity index (χ4n) is 3.23. The Bertz CT molecular complexity index is 706. The third-order valence-corrected chi connectivity index (χ3v) is 6.79. The van der Waals surface area contributed by atoms with Gasteiger partial charge in [-0.3, -0.25) is 4.79 Å². The maximum absolute atomic E-state index is 12.7. The number of amides is 1. The van der Waals surface area contributed by atoms with E-state index in [1.54, 1.807) is 24.3 Å². The van der Waals surface area contributed by atoms with E-state index in [1.807, 2.05) is 6.92 Å². The van der Waals surface area contributed by atoms with Crippen molar-refractivity contribution in [2.75, 3.05) is 39.5 Å². The fraction of sp³-hybridized carbons (Fsp3) is 0.611. The van der Waals surface area contributed by atoms with Gasteiger partial charge in [-0.15, -0.1) is 0 Å². The molecule has 0 bridgehead atoms. The number of benzene rings is 1. The number of hydrogen-bond acceptors (Lipinski definition) is 5. The van der Waals surface area contributed by atoms with Gasteiger partial charge < -0.3 is 14.8 Å². The fourth-order valence-corrected chi connectivity index (χ4v) is 4.70. The number of nitrogens with zero attached hydrogens (tertiary/aromatic N) is 1. The summed E-state index contributed by atoms with van der Waals surface area (Å²) in [5, 5.41) is 2.90. The van der Waals surface area contributed by atoms with Crippen LogP contribution in [0, 0.1) is 12.8 Å². The van der Waals surface area contributed by atoms with Crippen LogP contribution in [0.2, 0.25) is 0 Å². The molecule has 2 aliphatic heterocycles. The van der Waals surface area contributed by atoms with Crippen LogP contribution < -0.4 is 5.32 Å². The van der Waals surface area contributed by atoms with E-state index >= 15 is 0 Å². The van der Waals surface area contributed by atoms with Gasteiger partial charge in [0.05, 0.1) is 30.8 Å². The van der Waals surface area contributed by atoms with Gasteiger partial charge in [-0.1, -0.05) is 17.7 Å². The summed E-state index contributed by atoms with van der Waals surface area (Å²) in [5.41, 5.74) is 1.02. The van der Waals surface area contributed by atoms with E-state index in [-0.39, 0.29) is 17.9 Å². The number of aryl methyl sites for hydroxylation is 1. The van der Waals surface area contributed by atoms with Crippen molar-refractivity contribution in [3.63, 3.8) is 0 Å². The number of sulfonamides is 1. The van der Waals surface area contributed by atoms with Gasteiger partial charge in [0.25, 0.3) is 0 Å². The zero-order valence-corrected chi connectivity index (χ0v) is 15.8. The van der Waals surface area contributed by atoms with E-state index in [9.17, 15) is 13.2 Å². The first kappa shape index (κ1) is 19.3. The summed E-state index contributed by atoms with van der Waals surface area (Å²) in [5.74, 6) is -0.199. The monoisotopic (exact) mass is 382 g/mol. The molecule has 1 amide bonds. The van der Waals surface area contributed by atoms with Crippen LogP contribution in [-0.2, 0) is 24.3 Å². The van der Waals surface area contributed by atoms with Crippen LogP contribution in [0.3, 0.4) is 0 Å². The first-order valence-corrected chi connectivity index (χ1v) is 10.4. The highest BCUT2D eigenvalue weighted by atomic mass is 32.2. The highest BCUT2D eigenvalue weighted by Gasteiger charge is 2.32. The molecule has 1 unspecified atom stereocenters. The van der Waals surface area contributed by atoms with Crippen molar-refractivity contribution < 1.29 is 22.7 Å². The Balaban J connectivity index is 1.50. The molecule has 2 fully saturated rings. The number of carbonyl (C=O) groups is 1. The minimum absolute atomic E-state index is 0.0356. The number of nitrogens with one attached hydrogen (secondary N) is 1. The Morgan fingerprint density at radius 2 is 1.88 bits per heavy atom. The molecular formula is C18H26N2O5S. The molecule has 144 valence electrons. The first-order valence-electron chi connectivity index (χ1n) is 9.00. The summed E-state index contributed by atoms with van der Waals surface area (Å²) in [7, 11) is -3.49. The van der Waals surface area contributed by atoms with Gasteiger partial charge in [0.2, 0.25) is 15.9 Å². The van der Waals surface area contributed by atoms with E-state index in [0.29, 0.717) is 57.2 Å². The second kappa shape index (κ2) is 8.47. The molecule has 1 aromatic rings. The SMILES string of the molecule is Cc1ccc(S(=O)(=O)N2CCC(C(=O)NCC3COCCO3)CC2)cc1. The van der Waals surface area contributed by atoms with Gasteiger partial charge >= 0.3 is 0 Å². The van der Waals surface area contributed by atoms with E-state index in [2.05, 4.69) is 5.32 Å². The molecule has 3 rings (SSSR count). The lowest BCUT2D eigenvalue weighted by Crippen LogP contribution is -2.45. The Labute approximate surface area is 154 Å². The quantitative estimate of drug-likeness (QED) is 0.819. The van der Waals surface area contributed by atoms with Crippen LogP contribution >= 0.6 is 0 Å². The van der Waals surface area contributed by atoms with Crippen molar-refractivity contribution in [3.05, 3.63) is 29.8 Å². The zero-order valence-electron chi connectivity index (χ0n) is 15.0. The number of hydrogen-bond donors (Lipinski definition) is 1. The van der Waals surface area contributed by atoms with E-state index in [0.717, 1.165) is 5.56 Å². The van der Waals surface area contributed by atoms with E-state index in [1.165, 1.54) is 4.31 Å². The van der Waals surface area contributed by atoms with Crippen LogP contribution in [0.4, 0.5) is 0 Å². The van der Waals surface area contributed by atoms with Crippen molar-refractivity contribution >= 4 is 15.9 Å². The Hall–Kier alpha value is -1.48. The smallest absolute Gasteiger partial charge is 0.243 e. The highest BCUT2D eigenvalue weighted by molar-refractivity contribution is 7.89. The number of rotatable bonds is 5. The van der Waals surface area contributed by atoms with Crippen molar-refractivity contribution in [1.82, 2.24) is 9.62 Å². The average molecular weight is 382 g/mol. The molecule has 1 N–H and O–H groups in total. The van der Waals surface area contributed by atoms with Crippen LogP contribution in [0.25, 0.3) is 0 Å². The van der Waals surface area contributed by atoms with Crippen molar-refractivity contribution in [3.8, 4) is 0 Å². The molecule has 0 aliphatic carbocycles. The molecule has 8 heteroatoms. The van der Waals surface area contributed by atoms with Gasteiger partial charge in [0.1, 0.15) is 0 Å². The average Bonchev–Trinajstić information content (AvgIpc) is 2.67. The Kier molecular flexibility index (Phi) is 6.29. The molecule has 26 heavy (non-hydrogen) atoms. The zero-order chi connectivity index (χ0) is 18.6. The molecule has 2 saturated heterocycles. The topological polar surface area (TPSA) is 84.9 Å². The van der Waals surface area contributed by atoms with Gasteiger partial charge in [0.15, 0.2) is 0 Å². The largest absolute Gasteiger partial charge is 0.376 e. The van der Waals surface area contributed by atoms with Crippen LogP contribution in [0.5, 0.6) is 0 Å². The van der Waals surface area contributed by atoms with Crippen LogP contribution in [-0.4, -0.2) is 64.2 Å². The van der Waals surface area contributed by atoms with E-state index < -0.39 is 10.0 Å². The minimum atomic E-state index is -3.49. The van der Waals surface area contributed by atoms with Crippen molar-refractivity contribution in [2.24, 2.45) is 5.92 Å². The summed E-state index contributed by atoms with van der Waals surface area (Å²) >= 11 is 0. The third kappa shape index (κ3) is 4.62. The predicted molar refractivity (Wildman–Crippen MR) is 96.2 cm³/mol. The molecule has 0 saturated carbocycles. The van der Waals surface area contributed by atoms with Gasteiger partial charge in [-0.05, 0) is 31.9 Å². The van der Waals surface area contributed by atoms with Crippen molar-refractivity contribution in [2.45, 2.75) is 30.8 Å². The Morgan fingerprint density at radius 1 is 1.19 bits per heavy atom. The number of ether oxygens (including phenoxy) is 2. The van der Waals surface area contributed by atoms with Gasteiger partial charge in [-0.2, -0.15) is 4.31 Å². The van der Waals surface area contributed by atoms with Gasteiger partial charge in [-0.25, -0.2) is 8.42 Å². The summed E-state index contributed by atoms with van der Waals surface area (Å²) in [6.07, 6.45) is 0.951. The molecule has 2 aliphatic rings. The standard InChI is InChI=1S/C18H26N2O5S/c1-14-2-4-17(5-3-14)26(22,23)20-8-6-15(7-9-20)18(21)19-12-16-13-24-10-11-25-16/h2-5,15-16H,6-13H2,1H3,(H,19,21). The molecule has 1 aromatic carbocycles. The highest BCUT2D eigenvalue weighted by Crippen LogP contribution is 2.24. The summed E-state index contributed by atoms with van der Waals surface area (Å²) in [4.78, 5) is 12.6. The molecule has 2 heterocycles. The number of piperidine rings is 1. The Morgan fingerprint density at radius 3 is 2.50 bits per heavy atom. The summed E-state index contributed by atoms with van der Waals surface area (Å²) in [6.45, 7) is 4.71. The lowest BCUT2D eigenvalue weighted by atomic mass is 9.97. The van der Waals surface area contributed by atoms with Crippen molar-refractivity contribution in [1.29, 1.82) is 0 Å². The van der Waals surface area contributed by atoms with Crippen LogP contribution in [0.1, 0.15) is 18.4 Å². The first-order chi connectivity index (χ1) is 12.5. The number of carbonyl (C=O) groups excluding carboxylic acids is 1. The lowest BCUT2D eigenvalue weighted by molar-refractivity contribution is -0.128. The molecule has 1 atom stereocenters. The minimum Gasteiger partial charge on any atom is -0.376 e. The molecule has 0 radical (unpaired) electrons. The van der Waals surface area contributed by atoms with Crippen LogP contribution in [0.15, 0.2) is 29.2 Å². The lowest BCUT2D eigenvalue weighted by Gasteiger charge is -2.31. The maximum atomic E-state index is 12.7.